The zero-order valence-corrected chi connectivity index (χ0v) is 17.0. The molecule has 0 radical (unpaired) electrons. The van der Waals surface area contributed by atoms with Crippen molar-refractivity contribution < 1.29 is 13.9 Å². The lowest BCUT2D eigenvalue weighted by molar-refractivity contribution is -0.127. The van der Waals surface area contributed by atoms with Crippen LogP contribution in [-0.2, 0) is 11.3 Å². The minimum absolute atomic E-state index is 0.178. The lowest BCUT2D eigenvalue weighted by Crippen LogP contribution is -2.35. The summed E-state index contributed by atoms with van der Waals surface area (Å²) in [5, 5.41) is 2.89. The smallest absolute Gasteiger partial charge is 0.261 e. The average Bonchev–Trinajstić information content (AvgIpc) is 3.29. The predicted molar refractivity (Wildman–Crippen MR) is 118 cm³/mol. The second kappa shape index (κ2) is 9.26. The number of carbonyl (C=O) groups is 1. The molecular weight excluding hydrogens is 393 g/mol. The van der Waals surface area contributed by atoms with Gasteiger partial charge in [-0.25, -0.2) is 9.37 Å². The van der Waals surface area contributed by atoms with Crippen LogP contribution in [0.5, 0.6) is 5.75 Å². The van der Waals surface area contributed by atoms with Gasteiger partial charge in [0.15, 0.2) is 6.10 Å². The number of amides is 1. The number of rotatable bonds is 7. The molecule has 0 fully saturated rings. The number of hydrogen-bond acceptors (Lipinski definition) is 3. The van der Waals surface area contributed by atoms with E-state index in [-0.39, 0.29) is 11.7 Å². The van der Waals surface area contributed by atoms with Crippen LogP contribution in [-0.4, -0.2) is 22.0 Å². The Morgan fingerprint density at radius 2 is 1.68 bits per heavy atom. The van der Waals surface area contributed by atoms with Gasteiger partial charge in [0.2, 0.25) is 0 Å². The van der Waals surface area contributed by atoms with E-state index in [0.717, 1.165) is 28.2 Å². The molecule has 6 heteroatoms. The maximum absolute atomic E-state index is 13.1. The molecule has 4 rings (SSSR count). The molecule has 156 valence electrons. The van der Waals surface area contributed by atoms with E-state index in [1.165, 1.54) is 12.1 Å². The number of imidazole rings is 1. The number of ether oxygens (including phenoxy) is 1. The van der Waals surface area contributed by atoms with Crippen LogP contribution < -0.4 is 10.1 Å². The van der Waals surface area contributed by atoms with E-state index in [2.05, 4.69) is 15.3 Å². The van der Waals surface area contributed by atoms with Crippen molar-refractivity contribution >= 4 is 5.91 Å². The highest BCUT2D eigenvalue weighted by Crippen LogP contribution is 2.22. The summed E-state index contributed by atoms with van der Waals surface area (Å²) in [5.41, 5.74) is 3.57. The van der Waals surface area contributed by atoms with Crippen molar-refractivity contribution in [1.29, 1.82) is 0 Å². The molecule has 2 N–H and O–H groups in total. The van der Waals surface area contributed by atoms with Gasteiger partial charge in [-0.05, 0) is 54.4 Å². The van der Waals surface area contributed by atoms with Crippen molar-refractivity contribution in [1.82, 2.24) is 15.3 Å². The molecule has 5 nitrogen and oxygen atoms in total. The Hall–Kier alpha value is -3.93. The molecule has 31 heavy (non-hydrogen) atoms. The summed E-state index contributed by atoms with van der Waals surface area (Å²) in [6.45, 7) is 2.13. The summed E-state index contributed by atoms with van der Waals surface area (Å²) in [4.78, 5) is 20.0. The number of carbonyl (C=O) groups excluding carboxylic acids is 1. The van der Waals surface area contributed by atoms with Crippen LogP contribution >= 0.6 is 0 Å². The molecule has 0 saturated carbocycles. The van der Waals surface area contributed by atoms with Gasteiger partial charge in [0.25, 0.3) is 5.91 Å². The zero-order valence-electron chi connectivity index (χ0n) is 17.0. The van der Waals surface area contributed by atoms with Crippen LogP contribution in [0.3, 0.4) is 0 Å². The van der Waals surface area contributed by atoms with E-state index in [9.17, 15) is 9.18 Å². The first kappa shape index (κ1) is 20.3. The van der Waals surface area contributed by atoms with E-state index in [1.807, 2.05) is 54.6 Å². The number of hydrogen-bond donors (Lipinski definition) is 2. The Kier molecular flexibility index (Phi) is 6.08. The van der Waals surface area contributed by atoms with Crippen LogP contribution in [0, 0.1) is 5.82 Å². The minimum Gasteiger partial charge on any atom is -0.481 e. The van der Waals surface area contributed by atoms with Crippen LogP contribution in [0.2, 0.25) is 0 Å². The molecule has 3 aromatic carbocycles. The molecule has 1 unspecified atom stereocenters. The number of para-hydroxylation sites is 1. The molecule has 0 aliphatic rings. The van der Waals surface area contributed by atoms with E-state index in [4.69, 9.17) is 4.74 Å². The Balaban J connectivity index is 1.34. The van der Waals surface area contributed by atoms with Gasteiger partial charge < -0.3 is 15.0 Å². The molecule has 4 aromatic rings. The number of benzene rings is 3. The third-order valence-electron chi connectivity index (χ3n) is 4.85. The van der Waals surface area contributed by atoms with Gasteiger partial charge in [-0.15, -0.1) is 0 Å². The second-order valence-corrected chi connectivity index (χ2v) is 7.14. The Labute approximate surface area is 179 Å². The lowest BCUT2D eigenvalue weighted by atomic mass is 10.1. The summed E-state index contributed by atoms with van der Waals surface area (Å²) < 4.78 is 18.7. The lowest BCUT2D eigenvalue weighted by Gasteiger charge is -2.14. The number of halogens is 1. The third kappa shape index (κ3) is 5.17. The van der Waals surface area contributed by atoms with Crippen molar-refractivity contribution in [3.05, 3.63) is 96.4 Å². The normalized spacial score (nSPS) is 11.7. The largest absolute Gasteiger partial charge is 0.481 e. The molecule has 1 heterocycles. The van der Waals surface area contributed by atoms with E-state index in [1.54, 1.807) is 25.3 Å². The van der Waals surface area contributed by atoms with Crippen molar-refractivity contribution in [2.24, 2.45) is 0 Å². The maximum atomic E-state index is 13.1. The highest BCUT2D eigenvalue weighted by molar-refractivity contribution is 5.80. The summed E-state index contributed by atoms with van der Waals surface area (Å²) in [5.74, 6) is 0.933. The van der Waals surface area contributed by atoms with Crippen LogP contribution in [0.4, 0.5) is 4.39 Å². The highest BCUT2D eigenvalue weighted by Gasteiger charge is 2.14. The molecule has 0 aliphatic heterocycles. The van der Waals surface area contributed by atoms with Gasteiger partial charge in [-0.1, -0.05) is 42.5 Å². The fraction of sp³-hybridized carbons (Fsp3) is 0.120. The minimum atomic E-state index is -0.588. The molecule has 0 aliphatic carbocycles. The Bertz CT molecular complexity index is 1140. The molecule has 1 atom stereocenters. The number of H-pyrrole nitrogens is 1. The van der Waals surface area contributed by atoms with Gasteiger partial charge >= 0.3 is 0 Å². The van der Waals surface area contributed by atoms with Gasteiger partial charge in [0, 0.05) is 12.1 Å². The van der Waals surface area contributed by atoms with Crippen molar-refractivity contribution in [2.75, 3.05) is 0 Å². The fourth-order valence-corrected chi connectivity index (χ4v) is 3.11. The van der Waals surface area contributed by atoms with Crippen LogP contribution in [0.1, 0.15) is 12.5 Å². The van der Waals surface area contributed by atoms with Gasteiger partial charge in [-0.2, -0.15) is 0 Å². The third-order valence-corrected chi connectivity index (χ3v) is 4.85. The quantitative estimate of drug-likeness (QED) is 0.448. The van der Waals surface area contributed by atoms with Crippen molar-refractivity contribution in [3.63, 3.8) is 0 Å². The molecule has 0 bridgehead atoms. The van der Waals surface area contributed by atoms with Gasteiger partial charge in [0.05, 0.1) is 11.9 Å². The molecule has 1 aromatic heterocycles. The SMILES string of the molecule is CC(Oc1ccccc1)C(=O)NCc1ccc(-c2ncc(-c3ccc(F)cc3)[nH]2)cc1. The van der Waals surface area contributed by atoms with Crippen molar-refractivity contribution in [3.8, 4) is 28.4 Å². The van der Waals surface area contributed by atoms with Crippen LogP contribution in [0.15, 0.2) is 85.1 Å². The van der Waals surface area contributed by atoms with E-state index >= 15 is 0 Å². The fourth-order valence-electron chi connectivity index (χ4n) is 3.11. The highest BCUT2D eigenvalue weighted by atomic mass is 19.1. The molecular formula is C25H22FN3O2. The van der Waals surface area contributed by atoms with Gasteiger partial charge in [-0.3, -0.25) is 4.79 Å². The number of aromatic amines is 1. The first-order valence-electron chi connectivity index (χ1n) is 9.98. The number of nitrogens with one attached hydrogen (secondary N) is 2. The zero-order chi connectivity index (χ0) is 21.6. The first-order chi connectivity index (χ1) is 15.1. The molecule has 0 saturated heterocycles. The maximum Gasteiger partial charge on any atom is 0.261 e. The molecule has 0 spiro atoms. The number of nitrogens with zero attached hydrogens (tertiary/aromatic N) is 1. The Morgan fingerprint density at radius 1 is 1.00 bits per heavy atom. The monoisotopic (exact) mass is 415 g/mol. The summed E-state index contributed by atoms with van der Waals surface area (Å²) in [7, 11) is 0. The predicted octanol–water partition coefficient (Wildman–Crippen LogP) is 4.97. The summed E-state index contributed by atoms with van der Waals surface area (Å²) in [6.07, 6.45) is 1.14. The summed E-state index contributed by atoms with van der Waals surface area (Å²) >= 11 is 0. The summed E-state index contributed by atoms with van der Waals surface area (Å²) in [6, 6.07) is 23.3. The van der Waals surface area contributed by atoms with E-state index < -0.39 is 6.10 Å². The number of aromatic nitrogens is 2. The van der Waals surface area contributed by atoms with Crippen LogP contribution in [0.25, 0.3) is 22.6 Å². The topological polar surface area (TPSA) is 67.0 Å². The average molecular weight is 415 g/mol. The standard InChI is InChI=1S/C25H22FN3O2/c1-17(31-22-5-3-2-4-6-22)25(30)28-15-18-7-9-20(10-8-18)24-27-16-23(29-24)19-11-13-21(26)14-12-19/h2-14,16-17H,15H2,1H3,(H,27,29)(H,28,30). The van der Waals surface area contributed by atoms with Gasteiger partial charge in [0.1, 0.15) is 17.4 Å². The first-order valence-corrected chi connectivity index (χ1v) is 9.98. The Morgan fingerprint density at radius 3 is 2.39 bits per heavy atom. The van der Waals surface area contributed by atoms with Crippen molar-refractivity contribution in [2.45, 2.75) is 19.6 Å². The van der Waals surface area contributed by atoms with E-state index in [0.29, 0.717) is 12.3 Å². The molecule has 1 amide bonds. The second-order valence-electron chi connectivity index (χ2n) is 7.14.